The van der Waals surface area contributed by atoms with Crippen molar-refractivity contribution in [2.24, 2.45) is 0 Å². The van der Waals surface area contributed by atoms with Crippen LogP contribution in [0.3, 0.4) is 0 Å². The molecule has 6 nitrogen and oxygen atoms in total. The summed E-state index contributed by atoms with van der Waals surface area (Å²) in [6.07, 6.45) is 1.23. The first-order chi connectivity index (χ1) is 10.9. The molecule has 2 rings (SSSR count). The topological polar surface area (TPSA) is 76.1 Å². The van der Waals surface area contributed by atoms with Gasteiger partial charge in [-0.3, -0.25) is 4.79 Å². The fraction of sp³-hybridized carbons (Fsp3) is 0.529. The highest BCUT2D eigenvalue weighted by Gasteiger charge is 2.49. The van der Waals surface area contributed by atoms with Crippen molar-refractivity contribution in [3.05, 3.63) is 29.3 Å². The Balaban J connectivity index is 2.20. The van der Waals surface area contributed by atoms with E-state index in [4.69, 9.17) is 9.47 Å². The highest BCUT2D eigenvalue weighted by molar-refractivity contribution is 5.89. The van der Waals surface area contributed by atoms with E-state index in [0.717, 1.165) is 16.9 Å². The molecule has 1 amide bonds. The van der Waals surface area contributed by atoms with E-state index in [1.54, 1.807) is 7.11 Å². The average Bonchev–Trinajstić information content (AvgIpc) is 2.94. The van der Waals surface area contributed by atoms with Crippen LogP contribution in [0, 0.1) is 6.92 Å². The molecule has 1 atom stereocenters. The van der Waals surface area contributed by atoms with Crippen LogP contribution in [0.5, 0.6) is 5.75 Å². The predicted molar refractivity (Wildman–Crippen MR) is 84.6 cm³/mol. The second kappa shape index (κ2) is 7.00. The summed E-state index contributed by atoms with van der Waals surface area (Å²) in [5.74, 6) is -0.488. The molecule has 1 heterocycles. The van der Waals surface area contributed by atoms with Crippen LogP contribution in [0.25, 0.3) is 0 Å². The van der Waals surface area contributed by atoms with Crippen LogP contribution in [0.1, 0.15) is 24.0 Å². The van der Waals surface area contributed by atoms with Crippen molar-refractivity contribution >= 4 is 11.9 Å². The summed E-state index contributed by atoms with van der Waals surface area (Å²) in [4.78, 5) is 25.8. The monoisotopic (exact) mass is 321 g/mol. The highest BCUT2D eigenvalue weighted by Crippen LogP contribution is 2.31. The minimum Gasteiger partial charge on any atom is -0.496 e. The number of ether oxygens (including phenoxy) is 2. The maximum atomic E-state index is 12.7. The van der Waals surface area contributed by atoms with Gasteiger partial charge in [0, 0.05) is 13.7 Å². The van der Waals surface area contributed by atoms with Gasteiger partial charge in [-0.2, -0.15) is 0 Å². The summed E-state index contributed by atoms with van der Waals surface area (Å²) in [5, 5.41) is 9.60. The van der Waals surface area contributed by atoms with Crippen molar-refractivity contribution in [1.29, 1.82) is 0 Å². The SMILES string of the molecule is COCC1(C(=O)O)CCCN1C(=O)Cc1ccc(C)c(OC)c1. The second-order valence-corrected chi connectivity index (χ2v) is 5.90. The van der Waals surface area contributed by atoms with Crippen LogP contribution in [0.2, 0.25) is 0 Å². The first kappa shape index (κ1) is 17.3. The number of carbonyl (C=O) groups excluding carboxylic acids is 1. The lowest BCUT2D eigenvalue weighted by Gasteiger charge is -2.34. The number of rotatable bonds is 6. The summed E-state index contributed by atoms with van der Waals surface area (Å²) < 4.78 is 10.3. The third-order valence-electron chi connectivity index (χ3n) is 4.40. The van der Waals surface area contributed by atoms with Gasteiger partial charge >= 0.3 is 5.97 Å². The molecule has 126 valence electrons. The van der Waals surface area contributed by atoms with E-state index in [0.29, 0.717) is 19.4 Å². The molecular weight excluding hydrogens is 298 g/mol. The molecule has 1 aromatic rings. The summed E-state index contributed by atoms with van der Waals surface area (Å²) in [7, 11) is 3.04. The molecular formula is C17H23NO5. The molecule has 1 N–H and O–H groups in total. The van der Waals surface area contributed by atoms with Gasteiger partial charge in [-0.1, -0.05) is 12.1 Å². The molecule has 0 spiro atoms. The molecule has 1 unspecified atom stereocenters. The Morgan fingerprint density at radius 3 is 2.70 bits per heavy atom. The lowest BCUT2D eigenvalue weighted by atomic mass is 9.96. The first-order valence-corrected chi connectivity index (χ1v) is 7.61. The highest BCUT2D eigenvalue weighted by atomic mass is 16.5. The van der Waals surface area contributed by atoms with Crippen LogP contribution in [0.15, 0.2) is 18.2 Å². The molecule has 0 radical (unpaired) electrons. The van der Waals surface area contributed by atoms with Gasteiger partial charge in [0.05, 0.1) is 20.1 Å². The van der Waals surface area contributed by atoms with Gasteiger partial charge in [0.1, 0.15) is 5.75 Å². The van der Waals surface area contributed by atoms with E-state index in [-0.39, 0.29) is 18.9 Å². The van der Waals surface area contributed by atoms with Crippen molar-refractivity contribution in [1.82, 2.24) is 4.90 Å². The molecule has 0 aromatic heterocycles. The summed E-state index contributed by atoms with van der Waals surface area (Å²) in [6.45, 7) is 2.38. The van der Waals surface area contributed by atoms with Crippen LogP contribution in [-0.2, 0) is 20.7 Å². The minimum atomic E-state index is -1.25. The fourth-order valence-electron chi connectivity index (χ4n) is 3.16. The van der Waals surface area contributed by atoms with Gasteiger partial charge in [-0.25, -0.2) is 4.79 Å². The normalized spacial score (nSPS) is 20.6. The second-order valence-electron chi connectivity index (χ2n) is 5.90. The number of hydrogen-bond donors (Lipinski definition) is 1. The third kappa shape index (κ3) is 3.32. The summed E-state index contributed by atoms with van der Waals surface area (Å²) >= 11 is 0. The van der Waals surface area contributed by atoms with E-state index in [1.807, 2.05) is 25.1 Å². The number of hydrogen-bond acceptors (Lipinski definition) is 4. The largest absolute Gasteiger partial charge is 0.496 e. The van der Waals surface area contributed by atoms with Gasteiger partial charge in [-0.15, -0.1) is 0 Å². The quantitative estimate of drug-likeness (QED) is 0.862. The van der Waals surface area contributed by atoms with Crippen molar-refractivity contribution < 1.29 is 24.2 Å². The third-order valence-corrected chi connectivity index (χ3v) is 4.40. The number of methoxy groups -OCH3 is 2. The smallest absolute Gasteiger partial charge is 0.332 e. The van der Waals surface area contributed by atoms with Crippen LogP contribution in [0.4, 0.5) is 0 Å². The number of benzene rings is 1. The minimum absolute atomic E-state index is 0.00525. The van der Waals surface area contributed by atoms with E-state index >= 15 is 0 Å². The van der Waals surface area contributed by atoms with E-state index in [1.165, 1.54) is 12.0 Å². The Kier molecular flexibility index (Phi) is 5.26. The number of nitrogens with zero attached hydrogens (tertiary/aromatic N) is 1. The number of aliphatic carboxylic acids is 1. The number of carbonyl (C=O) groups is 2. The molecule has 6 heteroatoms. The van der Waals surface area contributed by atoms with Crippen molar-refractivity contribution in [3.63, 3.8) is 0 Å². The lowest BCUT2D eigenvalue weighted by molar-refractivity contribution is -0.160. The predicted octanol–water partition coefficient (Wildman–Crippen LogP) is 1.64. The zero-order chi connectivity index (χ0) is 17.0. The molecule has 1 aliphatic heterocycles. The van der Waals surface area contributed by atoms with Gasteiger partial charge in [0.15, 0.2) is 5.54 Å². The maximum Gasteiger partial charge on any atom is 0.332 e. The molecule has 0 bridgehead atoms. The fourth-order valence-corrected chi connectivity index (χ4v) is 3.16. The zero-order valence-electron chi connectivity index (χ0n) is 13.8. The van der Waals surface area contributed by atoms with Crippen molar-refractivity contribution in [2.75, 3.05) is 27.4 Å². The Bertz CT molecular complexity index is 601. The van der Waals surface area contributed by atoms with Gasteiger partial charge < -0.3 is 19.5 Å². The lowest BCUT2D eigenvalue weighted by Crippen LogP contribution is -2.56. The van der Waals surface area contributed by atoms with Crippen LogP contribution >= 0.6 is 0 Å². The average molecular weight is 321 g/mol. The maximum absolute atomic E-state index is 12.7. The van der Waals surface area contributed by atoms with Gasteiger partial charge in [0.25, 0.3) is 0 Å². The molecule has 0 aliphatic carbocycles. The van der Waals surface area contributed by atoms with Gasteiger partial charge in [0.2, 0.25) is 5.91 Å². The standard InChI is InChI=1S/C17H23NO5/c1-12-5-6-13(9-14(12)23-3)10-15(19)18-8-4-7-17(18,11-22-2)16(20)21/h5-6,9H,4,7-8,10-11H2,1-3H3,(H,20,21). The molecule has 23 heavy (non-hydrogen) atoms. The summed E-state index contributed by atoms with van der Waals surface area (Å²) in [5.41, 5.74) is 0.547. The number of carboxylic acid groups (broad SMARTS) is 1. The first-order valence-electron chi connectivity index (χ1n) is 7.61. The number of likely N-dealkylation sites (tertiary alicyclic amines) is 1. The Morgan fingerprint density at radius 2 is 2.09 bits per heavy atom. The van der Waals surface area contributed by atoms with E-state index < -0.39 is 11.5 Å². The molecule has 1 aromatic carbocycles. The number of carboxylic acids is 1. The van der Waals surface area contributed by atoms with Crippen molar-refractivity contribution in [3.8, 4) is 5.75 Å². The Labute approximate surface area is 136 Å². The summed E-state index contributed by atoms with van der Waals surface area (Å²) in [6, 6.07) is 5.58. The van der Waals surface area contributed by atoms with E-state index in [2.05, 4.69) is 0 Å². The molecule has 1 saturated heterocycles. The van der Waals surface area contributed by atoms with Crippen molar-refractivity contribution in [2.45, 2.75) is 31.7 Å². The van der Waals surface area contributed by atoms with Crippen LogP contribution < -0.4 is 4.74 Å². The van der Waals surface area contributed by atoms with Gasteiger partial charge in [-0.05, 0) is 37.0 Å². The molecule has 1 aliphatic rings. The molecule has 0 saturated carbocycles. The van der Waals surface area contributed by atoms with E-state index in [9.17, 15) is 14.7 Å². The van der Waals surface area contributed by atoms with Crippen LogP contribution in [-0.4, -0.2) is 54.8 Å². The Hall–Kier alpha value is -2.08. The zero-order valence-corrected chi connectivity index (χ0v) is 13.8. The number of aryl methyl sites for hydroxylation is 1. The Morgan fingerprint density at radius 1 is 1.35 bits per heavy atom. The number of amides is 1. The molecule has 1 fully saturated rings.